The van der Waals surface area contributed by atoms with Gasteiger partial charge < -0.3 is 4.74 Å². The average molecular weight is 396 g/mol. The molecule has 3 heteroatoms. The van der Waals surface area contributed by atoms with Crippen molar-refractivity contribution in [1.82, 2.24) is 0 Å². The van der Waals surface area contributed by atoms with Crippen molar-refractivity contribution in [2.24, 2.45) is 0 Å². The molecule has 0 heterocycles. The Hall–Kier alpha value is -3.54. The molecule has 0 spiro atoms. The summed E-state index contributed by atoms with van der Waals surface area (Å²) in [6.45, 7) is 0.411. The lowest BCUT2D eigenvalue weighted by molar-refractivity contribution is 0.306. The molecule has 0 atom stereocenters. The molecule has 0 unspecified atom stereocenters. The van der Waals surface area contributed by atoms with Gasteiger partial charge >= 0.3 is 0 Å². The van der Waals surface area contributed by atoms with Crippen molar-refractivity contribution < 1.29 is 4.74 Å². The number of allylic oxidation sites excluding steroid dienone is 1. The molecule has 0 N–H and O–H groups in total. The summed E-state index contributed by atoms with van der Waals surface area (Å²) in [5.74, 6) is 0.755. The second-order valence-corrected chi connectivity index (χ2v) is 7.05. The molecule has 0 aliphatic rings. The molecule has 2 nitrogen and oxygen atoms in total. The van der Waals surface area contributed by atoms with E-state index in [0.717, 1.165) is 33.2 Å². The first kappa shape index (κ1) is 18.8. The van der Waals surface area contributed by atoms with Crippen LogP contribution in [0, 0.1) is 11.3 Å². The summed E-state index contributed by atoms with van der Waals surface area (Å²) in [5, 5.41) is 12.6. The summed E-state index contributed by atoms with van der Waals surface area (Å²) in [4.78, 5) is 0. The molecular weight excluding hydrogens is 378 g/mol. The molecule has 0 aromatic heterocycles. The SMILES string of the molecule is N#C/C(=C/c1ccc(OCc2ccccc2Cl)cc1)c1cccc2ccccc12. The van der Waals surface area contributed by atoms with E-state index in [4.69, 9.17) is 16.3 Å². The van der Waals surface area contributed by atoms with Crippen LogP contribution in [-0.2, 0) is 6.61 Å². The van der Waals surface area contributed by atoms with E-state index in [1.54, 1.807) is 0 Å². The second-order valence-electron chi connectivity index (χ2n) is 6.65. The molecule has 4 rings (SSSR count). The highest BCUT2D eigenvalue weighted by Gasteiger charge is 2.06. The van der Waals surface area contributed by atoms with Crippen LogP contribution in [-0.4, -0.2) is 0 Å². The minimum atomic E-state index is 0.411. The molecule has 140 valence electrons. The van der Waals surface area contributed by atoms with E-state index in [9.17, 15) is 5.26 Å². The Morgan fingerprint density at radius 1 is 0.862 bits per heavy atom. The minimum Gasteiger partial charge on any atom is -0.489 e. The third-order valence-corrected chi connectivity index (χ3v) is 5.11. The van der Waals surface area contributed by atoms with Crippen molar-refractivity contribution in [1.29, 1.82) is 5.26 Å². The summed E-state index contributed by atoms with van der Waals surface area (Å²) in [6, 6.07) is 31.8. The van der Waals surface area contributed by atoms with Crippen LogP contribution in [0.25, 0.3) is 22.4 Å². The van der Waals surface area contributed by atoms with Gasteiger partial charge in [-0.15, -0.1) is 0 Å². The summed E-state index contributed by atoms with van der Waals surface area (Å²) in [7, 11) is 0. The third-order valence-electron chi connectivity index (χ3n) is 4.74. The number of rotatable bonds is 5. The van der Waals surface area contributed by atoms with Gasteiger partial charge in [0.15, 0.2) is 0 Å². The lowest BCUT2D eigenvalue weighted by Crippen LogP contribution is -1.96. The van der Waals surface area contributed by atoms with Gasteiger partial charge in [0, 0.05) is 16.1 Å². The number of halogens is 1. The van der Waals surface area contributed by atoms with Gasteiger partial charge in [-0.2, -0.15) is 5.26 Å². The number of nitriles is 1. The van der Waals surface area contributed by atoms with Crippen LogP contribution >= 0.6 is 11.6 Å². The van der Waals surface area contributed by atoms with Crippen LogP contribution in [0.1, 0.15) is 16.7 Å². The number of ether oxygens (including phenoxy) is 1. The van der Waals surface area contributed by atoms with E-state index >= 15 is 0 Å². The fourth-order valence-electron chi connectivity index (χ4n) is 3.23. The van der Waals surface area contributed by atoms with Crippen LogP contribution < -0.4 is 4.74 Å². The van der Waals surface area contributed by atoms with Crippen molar-refractivity contribution in [3.63, 3.8) is 0 Å². The predicted molar refractivity (Wildman–Crippen MR) is 120 cm³/mol. The minimum absolute atomic E-state index is 0.411. The molecule has 4 aromatic carbocycles. The monoisotopic (exact) mass is 395 g/mol. The van der Waals surface area contributed by atoms with Crippen LogP contribution in [0.4, 0.5) is 0 Å². The molecule has 0 fully saturated rings. The second kappa shape index (κ2) is 8.65. The van der Waals surface area contributed by atoms with E-state index in [2.05, 4.69) is 18.2 Å². The summed E-state index contributed by atoms with van der Waals surface area (Å²) in [6.07, 6.45) is 1.90. The maximum absolute atomic E-state index is 9.74. The lowest BCUT2D eigenvalue weighted by Gasteiger charge is -2.08. The van der Waals surface area contributed by atoms with E-state index in [-0.39, 0.29) is 0 Å². The molecule has 0 amide bonds. The number of fused-ring (bicyclic) bond motifs is 1. The van der Waals surface area contributed by atoms with Crippen LogP contribution in [0.5, 0.6) is 5.75 Å². The molecule has 0 saturated heterocycles. The van der Waals surface area contributed by atoms with Gasteiger partial charge in [0.1, 0.15) is 12.4 Å². The highest BCUT2D eigenvalue weighted by Crippen LogP contribution is 2.27. The average Bonchev–Trinajstić information content (AvgIpc) is 2.77. The van der Waals surface area contributed by atoms with Crippen molar-refractivity contribution in [3.8, 4) is 11.8 Å². The van der Waals surface area contributed by atoms with Gasteiger partial charge in [-0.1, -0.05) is 84.4 Å². The Morgan fingerprint density at radius 2 is 1.59 bits per heavy atom. The maximum Gasteiger partial charge on any atom is 0.119 e. The fraction of sp³-hybridized carbons (Fsp3) is 0.0385. The number of nitrogens with zero attached hydrogens (tertiary/aromatic N) is 1. The van der Waals surface area contributed by atoms with Gasteiger partial charge in [0.05, 0.1) is 11.6 Å². The smallest absolute Gasteiger partial charge is 0.119 e. The fourth-order valence-corrected chi connectivity index (χ4v) is 3.42. The normalized spacial score (nSPS) is 11.2. The molecule has 0 radical (unpaired) electrons. The van der Waals surface area contributed by atoms with Crippen molar-refractivity contribution in [3.05, 3.63) is 113 Å². The lowest BCUT2D eigenvalue weighted by atomic mass is 9.97. The molecule has 0 aliphatic heterocycles. The third kappa shape index (κ3) is 4.32. The van der Waals surface area contributed by atoms with Crippen LogP contribution in [0.3, 0.4) is 0 Å². The van der Waals surface area contributed by atoms with Gasteiger partial charge in [0.25, 0.3) is 0 Å². The quantitative estimate of drug-likeness (QED) is 0.266. The number of hydrogen-bond donors (Lipinski definition) is 0. The topological polar surface area (TPSA) is 33.0 Å². The van der Waals surface area contributed by atoms with E-state index in [0.29, 0.717) is 17.2 Å². The maximum atomic E-state index is 9.74. The first-order chi connectivity index (χ1) is 14.2. The highest BCUT2D eigenvalue weighted by molar-refractivity contribution is 6.31. The zero-order chi connectivity index (χ0) is 20.1. The van der Waals surface area contributed by atoms with Crippen LogP contribution in [0.2, 0.25) is 5.02 Å². The largest absolute Gasteiger partial charge is 0.489 e. The summed E-state index contributed by atoms with van der Waals surface area (Å²) < 4.78 is 5.83. The standard InChI is InChI=1S/C26H18ClNO/c27-26-11-4-2-7-21(26)18-29-23-14-12-19(13-15-23)16-22(17-28)25-10-5-8-20-6-1-3-9-24(20)25/h1-16H,18H2/b22-16-. The van der Waals surface area contributed by atoms with E-state index < -0.39 is 0 Å². The zero-order valence-corrected chi connectivity index (χ0v) is 16.4. The molecule has 0 aliphatic carbocycles. The Kier molecular flexibility index (Phi) is 5.61. The Labute approximate surface area is 175 Å². The van der Waals surface area contributed by atoms with Gasteiger partial charge in [0.2, 0.25) is 0 Å². The van der Waals surface area contributed by atoms with Gasteiger partial charge in [-0.3, -0.25) is 0 Å². The molecule has 0 bridgehead atoms. The number of benzene rings is 4. The van der Waals surface area contributed by atoms with E-state index in [1.807, 2.05) is 84.9 Å². The molecule has 29 heavy (non-hydrogen) atoms. The van der Waals surface area contributed by atoms with Crippen LogP contribution in [0.15, 0.2) is 91.0 Å². The number of hydrogen-bond acceptors (Lipinski definition) is 2. The Morgan fingerprint density at radius 3 is 2.38 bits per heavy atom. The summed E-state index contributed by atoms with van der Waals surface area (Å²) >= 11 is 6.17. The van der Waals surface area contributed by atoms with Crippen molar-refractivity contribution >= 4 is 34.0 Å². The first-order valence-electron chi connectivity index (χ1n) is 9.31. The zero-order valence-electron chi connectivity index (χ0n) is 15.7. The Bertz CT molecular complexity index is 1210. The highest BCUT2D eigenvalue weighted by atomic mass is 35.5. The molecule has 4 aromatic rings. The van der Waals surface area contributed by atoms with Crippen molar-refractivity contribution in [2.45, 2.75) is 6.61 Å². The van der Waals surface area contributed by atoms with Crippen molar-refractivity contribution in [2.75, 3.05) is 0 Å². The summed E-state index contributed by atoms with van der Waals surface area (Å²) in [5.41, 5.74) is 3.46. The van der Waals surface area contributed by atoms with Gasteiger partial charge in [-0.05, 0) is 40.6 Å². The molecular formula is C26H18ClNO. The van der Waals surface area contributed by atoms with E-state index in [1.165, 1.54) is 0 Å². The first-order valence-corrected chi connectivity index (χ1v) is 9.68. The van der Waals surface area contributed by atoms with Gasteiger partial charge in [-0.25, -0.2) is 0 Å². The predicted octanol–water partition coefficient (Wildman–Crippen LogP) is 7.14. The molecule has 0 saturated carbocycles. The Balaban J connectivity index is 1.56.